The number of carbonyl (C=O) groups excluding carboxylic acids is 1. The third-order valence-corrected chi connectivity index (χ3v) is 7.49. The minimum absolute atomic E-state index is 0.0198. The van der Waals surface area contributed by atoms with Gasteiger partial charge in [-0.3, -0.25) is 14.9 Å². The predicted molar refractivity (Wildman–Crippen MR) is 99.9 cm³/mol. The molecule has 8 nitrogen and oxygen atoms in total. The molecule has 2 fully saturated rings. The molecule has 1 amide bonds. The van der Waals surface area contributed by atoms with Crippen LogP contribution in [0.5, 0.6) is 0 Å². The molecule has 2 aliphatic rings. The van der Waals surface area contributed by atoms with Gasteiger partial charge in [-0.25, -0.2) is 8.42 Å². The van der Waals surface area contributed by atoms with Crippen molar-refractivity contribution in [1.29, 1.82) is 0 Å². The van der Waals surface area contributed by atoms with E-state index in [4.69, 9.17) is 11.6 Å². The molecule has 1 saturated heterocycles. The zero-order valence-electron chi connectivity index (χ0n) is 14.9. The average Bonchev–Trinajstić information content (AvgIpc) is 3.47. The SMILES string of the molecule is C[C@@H](NC(=O)C1CCN(S(=O)(=O)c2ccc(Cl)c([N+](=O)[O-])c2)CC1)C1CC1. The Hall–Kier alpha value is -1.71. The lowest BCUT2D eigenvalue weighted by atomic mass is 9.96. The topological polar surface area (TPSA) is 110 Å². The quantitative estimate of drug-likeness (QED) is 0.567. The van der Waals surface area contributed by atoms with Crippen molar-refractivity contribution < 1.29 is 18.1 Å². The maximum absolute atomic E-state index is 12.8. The van der Waals surface area contributed by atoms with E-state index < -0.39 is 20.6 Å². The van der Waals surface area contributed by atoms with Crippen LogP contribution >= 0.6 is 11.6 Å². The summed E-state index contributed by atoms with van der Waals surface area (Å²) < 4.78 is 26.8. The Bertz CT molecular complexity index is 848. The van der Waals surface area contributed by atoms with E-state index in [0.29, 0.717) is 18.8 Å². The Morgan fingerprint density at radius 3 is 2.48 bits per heavy atom. The molecule has 0 radical (unpaired) electrons. The van der Waals surface area contributed by atoms with Gasteiger partial charge in [-0.15, -0.1) is 0 Å². The highest BCUT2D eigenvalue weighted by molar-refractivity contribution is 7.89. The molecule has 0 bridgehead atoms. The summed E-state index contributed by atoms with van der Waals surface area (Å²) in [6, 6.07) is 3.62. The lowest BCUT2D eigenvalue weighted by molar-refractivity contribution is -0.384. The summed E-state index contributed by atoms with van der Waals surface area (Å²) in [6.45, 7) is 2.41. The van der Waals surface area contributed by atoms with Crippen molar-refractivity contribution in [3.8, 4) is 0 Å². The van der Waals surface area contributed by atoms with Gasteiger partial charge in [0.15, 0.2) is 0 Å². The molecule has 3 rings (SSSR count). The molecule has 10 heteroatoms. The number of hydrogen-bond donors (Lipinski definition) is 1. The normalized spacial score (nSPS) is 20.2. The molecule has 1 saturated carbocycles. The van der Waals surface area contributed by atoms with Crippen molar-refractivity contribution >= 4 is 33.2 Å². The second-order valence-electron chi connectivity index (χ2n) is 7.18. The molecule has 148 valence electrons. The highest BCUT2D eigenvalue weighted by Crippen LogP contribution is 2.33. The van der Waals surface area contributed by atoms with Crippen molar-refractivity contribution in [2.45, 2.75) is 43.5 Å². The molecule has 1 N–H and O–H groups in total. The van der Waals surface area contributed by atoms with Crippen LogP contribution in [0, 0.1) is 22.0 Å². The smallest absolute Gasteiger partial charge is 0.289 e. The van der Waals surface area contributed by atoms with Crippen molar-refractivity contribution in [1.82, 2.24) is 9.62 Å². The van der Waals surface area contributed by atoms with Gasteiger partial charge in [-0.05, 0) is 50.7 Å². The van der Waals surface area contributed by atoms with Crippen molar-refractivity contribution in [3.05, 3.63) is 33.3 Å². The van der Waals surface area contributed by atoms with Gasteiger partial charge in [-0.1, -0.05) is 11.6 Å². The maximum atomic E-state index is 12.8. The molecule has 0 unspecified atom stereocenters. The Morgan fingerprint density at radius 2 is 1.93 bits per heavy atom. The summed E-state index contributed by atoms with van der Waals surface area (Å²) in [5, 5.41) is 13.9. The van der Waals surface area contributed by atoms with E-state index in [1.54, 1.807) is 0 Å². The van der Waals surface area contributed by atoms with Gasteiger partial charge in [0.1, 0.15) is 5.02 Å². The van der Waals surface area contributed by atoms with Gasteiger partial charge in [0.2, 0.25) is 15.9 Å². The highest BCUT2D eigenvalue weighted by atomic mass is 35.5. The Kier molecular flexibility index (Phi) is 5.73. The number of carbonyl (C=O) groups is 1. The molecule has 1 heterocycles. The number of nitrogens with zero attached hydrogens (tertiary/aromatic N) is 2. The fourth-order valence-electron chi connectivity index (χ4n) is 3.36. The summed E-state index contributed by atoms with van der Waals surface area (Å²) in [6.07, 6.45) is 3.15. The third-order valence-electron chi connectivity index (χ3n) is 5.28. The fraction of sp³-hybridized carbons (Fsp3) is 0.588. The number of benzene rings is 1. The first-order valence-corrected chi connectivity index (χ1v) is 10.8. The van der Waals surface area contributed by atoms with Gasteiger partial charge >= 0.3 is 0 Å². The van der Waals surface area contributed by atoms with Crippen LogP contribution < -0.4 is 5.32 Å². The van der Waals surface area contributed by atoms with Crippen LogP contribution in [0.4, 0.5) is 5.69 Å². The molecule has 27 heavy (non-hydrogen) atoms. The molecule has 0 spiro atoms. The summed E-state index contributed by atoms with van der Waals surface area (Å²) >= 11 is 5.75. The zero-order valence-corrected chi connectivity index (χ0v) is 16.5. The summed E-state index contributed by atoms with van der Waals surface area (Å²) in [4.78, 5) is 22.5. The number of nitrogens with one attached hydrogen (secondary N) is 1. The van der Waals surface area contributed by atoms with Crippen LogP contribution in [0.3, 0.4) is 0 Å². The lowest BCUT2D eigenvalue weighted by Gasteiger charge is -2.31. The summed E-state index contributed by atoms with van der Waals surface area (Å²) in [7, 11) is -3.87. The zero-order chi connectivity index (χ0) is 19.8. The Labute approximate surface area is 163 Å². The van der Waals surface area contributed by atoms with Crippen LogP contribution in [-0.2, 0) is 14.8 Å². The minimum atomic E-state index is -3.87. The highest BCUT2D eigenvalue weighted by Gasteiger charge is 2.35. The van der Waals surface area contributed by atoms with E-state index in [2.05, 4.69) is 5.32 Å². The lowest BCUT2D eigenvalue weighted by Crippen LogP contribution is -2.45. The number of nitro benzene ring substituents is 1. The Morgan fingerprint density at radius 1 is 1.30 bits per heavy atom. The van der Waals surface area contributed by atoms with Gasteiger partial charge in [-0.2, -0.15) is 4.31 Å². The number of piperidine rings is 1. The van der Waals surface area contributed by atoms with Crippen LogP contribution in [0.1, 0.15) is 32.6 Å². The van der Waals surface area contributed by atoms with Gasteiger partial charge in [0.25, 0.3) is 5.69 Å². The van der Waals surface area contributed by atoms with Crippen LogP contribution in [-0.4, -0.2) is 42.7 Å². The monoisotopic (exact) mass is 415 g/mol. The van der Waals surface area contributed by atoms with Crippen molar-refractivity contribution in [2.24, 2.45) is 11.8 Å². The maximum Gasteiger partial charge on any atom is 0.289 e. The van der Waals surface area contributed by atoms with E-state index in [0.717, 1.165) is 18.9 Å². The number of sulfonamides is 1. The summed E-state index contributed by atoms with van der Waals surface area (Å²) in [5.74, 6) is 0.334. The number of rotatable bonds is 6. The molecule has 1 aromatic carbocycles. The third kappa shape index (κ3) is 4.41. The van der Waals surface area contributed by atoms with Gasteiger partial charge in [0.05, 0.1) is 9.82 Å². The molecule has 1 aliphatic heterocycles. The predicted octanol–water partition coefficient (Wildman–Crippen LogP) is 2.56. The van der Waals surface area contributed by atoms with E-state index in [1.807, 2.05) is 6.92 Å². The molecule has 1 aromatic rings. The Balaban J connectivity index is 1.65. The first-order chi connectivity index (χ1) is 12.7. The first-order valence-electron chi connectivity index (χ1n) is 8.94. The van der Waals surface area contributed by atoms with Gasteiger partial charge in [0, 0.05) is 31.1 Å². The van der Waals surface area contributed by atoms with E-state index in [1.165, 1.54) is 16.4 Å². The van der Waals surface area contributed by atoms with E-state index in [-0.39, 0.29) is 40.9 Å². The van der Waals surface area contributed by atoms with Crippen LogP contribution in [0.15, 0.2) is 23.1 Å². The average molecular weight is 416 g/mol. The first kappa shape index (κ1) is 20.0. The van der Waals surface area contributed by atoms with Gasteiger partial charge < -0.3 is 5.32 Å². The fourth-order valence-corrected chi connectivity index (χ4v) is 5.03. The van der Waals surface area contributed by atoms with E-state index in [9.17, 15) is 23.3 Å². The van der Waals surface area contributed by atoms with Crippen LogP contribution in [0.2, 0.25) is 5.02 Å². The van der Waals surface area contributed by atoms with Crippen molar-refractivity contribution in [2.75, 3.05) is 13.1 Å². The molecular formula is C17H22ClN3O5S. The molecule has 1 atom stereocenters. The summed E-state index contributed by atoms with van der Waals surface area (Å²) in [5.41, 5.74) is -0.443. The number of hydrogen-bond acceptors (Lipinski definition) is 5. The van der Waals surface area contributed by atoms with Crippen molar-refractivity contribution in [3.63, 3.8) is 0 Å². The standard InChI is InChI=1S/C17H22ClN3O5S/c1-11(12-2-3-12)19-17(22)13-6-8-20(9-7-13)27(25,26)14-4-5-15(18)16(10-14)21(23)24/h4-5,10-13H,2-3,6-9H2,1H3,(H,19,22)/t11-/m1/s1. The molecular weight excluding hydrogens is 394 g/mol. The second-order valence-corrected chi connectivity index (χ2v) is 9.53. The molecule has 1 aliphatic carbocycles. The minimum Gasteiger partial charge on any atom is -0.353 e. The number of halogens is 1. The number of amides is 1. The largest absolute Gasteiger partial charge is 0.353 e. The van der Waals surface area contributed by atoms with Crippen LogP contribution in [0.25, 0.3) is 0 Å². The molecule has 0 aromatic heterocycles. The second kappa shape index (κ2) is 7.73. The number of nitro groups is 1. The van der Waals surface area contributed by atoms with E-state index >= 15 is 0 Å².